The summed E-state index contributed by atoms with van der Waals surface area (Å²) in [7, 11) is 0. The number of aryl methyl sites for hydroxylation is 1. The van der Waals surface area contributed by atoms with Crippen LogP contribution in [-0.4, -0.2) is 15.9 Å². The molecule has 0 bridgehead atoms. The predicted molar refractivity (Wildman–Crippen MR) is 90.9 cm³/mol. The van der Waals surface area contributed by atoms with Crippen LogP contribution in [0.2, 0.25) is 0 Å². The van der Waals surface area contributed by atoms with Crippen molar-refractivity contribution in [2.75, 3.05) is 10.6 Å². The number of nitrogens with one attached hydrogen (secondary N) is 2. The van der Waals surface area contributed by atoms with Gasteiger partial charge in [0.05, 0.1) is 0 Å². The number of rotatable bonds is 4. The van der Waals surface area contributed by atoms with Crippen molar-refractivity contribution in [1.29, 1.82) is 0 Å². The smallest absolute Gasteiger partial charge is 0.274 e. The van der Waals surface area contributed by atoms with Crippen molar-refractivity contribution in [2.45, 2.75) is 6.92 Å². The van der Waals surface area contributed by atoms with E-state index in [4.69, 9.17) is 0 Å². The lowest BCUT2D eigenvalue weighted by Gasteiger charge is -2.09. The molecule has 0 aliphatic carbocycles. The van der Waals surface area contributed by atoms with Crippen LogP contribution >= 0.6 is 0 Å². The van der Waals surface area contributed by atoms with Crippen molar-refractivity contribution in [3.63, 3.8) is 0 Å². The Bertz CT molecular complexity index is 804. The molecule has 0 aliphatic heterocycles. The third-order valence-electron chi connectivity index (χ3n) is 3.15. The average Bonchev–Trinajstić information content (AvgIpc) is 2.56. The van der Waals surface area contributed by atoms with E-state index < -0.39 is 0 Å². The Morgan fingerprint density at radius 2 is 1.48 bits per heavy atom. The van der Waals surface area contributed by atoms with E-state index in [0.717, 1.165) is 17.1 Å². The van der Waals surface area contributed by atoms with Gasteiger partial charge in [0.1, 0.15) is 5.69 Å². The molecule has 0 saturated heterocycles. The number of carbonyl (C=O) groups excluding carboxylic acids is 1. The fraction of sp³-hybridized carbons (Fsp3) is 0.0556. The summed E-state index contributed by atoms with van der Waals surface area (Å²) < 4.78 is 0. The number of anilines is 3. The third kappa shape index (κ3) is 3.91. The SMILES string of the molecule is Cc1cc(C(=O)Nc2ccccc2)nc(Nc2ccccc2)n1. The van der Waals surface area contributed by atoms with Crippen LogP contribution in [0.1, 0.15) is 16.2 Å². The van der Waals surface area contributed by atoms with Crippen LogP contribution in [-0.2, 0) is 0 Å². The van der Waals surface area contributed by atoms with Crippen molar-refractivity contribution in [3.05, 3.63) is 78.1 Å². The molecule has 1 heterocycles. The molecular weight excluding hydrogens is 288 g/mol. The van der Waals surface area contributed by atoms with Gasteiger partial charge in [0, 0.05) is 17.1 Å². The lowest BCUT2D eigenvalue weighted by Crippen LogP contribution is -2.15. The monoisotopic (exact) mass is 304 g/mol. The quantitative estimate of drug-likeness (QED) is 0.769. The number of carbonyl (C=O) groups is 1. The van der Waals surface area contributed by atoms with Crippen molar-refractivity contribution >= 4 is 23.2 Å². The minimum atomic E-state index is -0.266. The average molecular weight is 304 g/mol. The first-order valence-electron chi connectivity index (χ1n) is 7.25. The van der Waals surface area contributed by atoms with Crippen molar-refractivity contribution < 1.29 is 4.79 Å². The van der Waals surface area contributed by atoms with Crippen LogP contribution in [0.5, 0.6) is 0 Å². The zero-order valence-electron chi connectivity index (χ0n) is 12.7. The number of aromatic nitrogens is 2. The molecular formula is C18H16N4O. The van der Waals surface area contributed by atoms with Gasteiger partial charge >= 0.3 is 0 Å². The Balaban J connectivity index is 1.81. The second-order valence-corrected chi connectivity index (χ2v) is 5.03. The van der Waals surface area contributed by atoms with E-state index in [-0.39, 0.29) is 5.91 Å². The summed E-state index contributed by atoms with van der Waals surface area (Å²) in [6, 6.07) is 20.5. The minimum absolute atomic E-state index is 0.266. The van der Waals surface area contributed by atoms with Gasteiger partial charge in [-0.2, -0.15) is 0 Å². The Labute approximate surface area is 134 Å². The normalized spacial score (nSPS) is 10.1. The maximum Gasteiger partial charge on any atom is 0.274 e. The lowest BCUT2D eigenvalue weighted by atomic mass is 10.3. The van der Waals surface area contributed by atoms with Crippen LogP contribution in [0, 0.1) is 6.92 Å². The van der Waals surface area contributed by atoms with E-state index >= 15 is 0 Å². The van der Waals surface area contributed by atoms with Gasteiger partial charge < -0.3 is 10.6 Å². The lowest BCUT2D eigenvalue weighted by molar-refractivity contribution is 0.102. The first kappa shape index (κ1) is 14.7. The molecule has 3 aromatic rings. The summed E-state index contributed by atoms with van der Waals surface area (Å²) in [6.45, 7) is 1.83. The topological polar surface area (TPSA) is 66.9 Å². The molecule has 1 aromatic heterocycles. The fourth-order valence-electron chi connectivity index (χ4n) is 2.11. The second-order valence-electron chi connectivity index (χ2n) is 5.03. The largest absolute Gasteiger partial charge is 0.324 e. The molecule has 0 aliphatic rings. The van der Waals surface area contributed by atoms with Gasteiger partial charge in [-0.25, -0.2) is 9.97 Å². The summed E-state index contributed by atoms with van der Waals surface area (Å²) in [5.41, 5.74) is 2.63. The highest BCUT2D eigenvalue weighted by Crippen LogP contribution is 2.14. The Hall–Kier alpha value is -3.21. The first-order chi connectivity index (χ1) is 11.2. The van der Waals surface area contributed by atoms with Gasteiger partial charge in [-0.3, -0.25) is 4.79 Å². The number of benzene rings is 2. The Morgan fingerprint density at radius 3 is 2.13 bits per heavy atom. The second kappa shape index (κ2) is 6.70. The summed E-state index contributed by atoms with van der Waals surface area (Å²) in [6.07, 6.45) is 0. The van der Waals surface area contributed by atoms with Gasteiger partial charge in [-0.1, -0.05) is 36.4 Å². The first-order valence-corrected chi connectivity index (χ1v) is 7.25. The number of para-hydroxylation sites is 2. The van der Waals surface area contributed by atoms with Gasteiger partial charge in [0.25, 0.3) is 5.91 Å². The zero-order valence-corrected chi connectivity index (χ0v) is 12.7. The highest BCUT2D eigenvalue weighted by Gasteiger charge is 2.11. The maximum absolute atomic E-state index is 12.3. The molecule has 1 amide bonds. The molecule has 0 fully saturated rings. The van der Waals surface area contributed by atoms with Crippen LogP contribution in [0.3, 0.4) is 0 Å². The van der Waals surface area contributed by atoms with Crippen molar-refractivity contribution in [3.8, 4) is 0 Å². The number of hydrogen-bond acceptors (Lipinski definition) is 4. The van der Waals surface area contributed by atoms with Crippen LogP contribution in [0.25, 0.3) is 0 Å². The molecule has 3 rings (SSSR count). The summed E-state index contributed by atoms with van der Waals surface area (Å²) in [4.78, 5) is 20.9. The standard InChI is InChI=1S/C18H16N4O/c1-13-12-16(17(23)20-14-8-4-2-5-9-14)22-18(19-13)21-15-10-6-3-7-11-15/h2-12H,1H3,(H,20,23)(H,19,21,22). The van der Waals surface area contributed by atoms with Gasteiger partial charge in [0.15, 0.2) is 0 Å². The molecule has 0 spiro atoms. The number of hydrogen-bond donors (Lipinski definition) is 2. The van der Waals surface area contributed by atoms with Crippen molar-refractivity contribution in [1.82, 2.24) is 9.97 Å². The van der Waals surface area contributed by atoms with E-state index in [0.29, 0.717) is 11.6 Å². The summed E-state index contributed by atoms with van der Waals surface area (Å²) >= 11 is 0. The number of nitrogens with zero attached hydrogens (tertiary/aromatic N) is 2. The molecule has 2 N–H and O–H groups in total. The fourth-order valence-corrected chi connectivity index (χ4v) is 2.11. The van der Waals surface area contributed by atoms with E-state index in [1.165, 1.54) is 0 Å². The van der Waals surface area contributed by atoms with E-state index in [1.54, 1.807) is 6.07 Å². The Kier molecular flexibility index (Phi) is 4.29. The van der Waals surface area contributed by atoms with Gasteiger partial charge in [0.2, 0.25) is 5.95 Å². The molecule has 0 unspecified atom stereocenters. The Morgan fingerprint density at radius 1 is 0.870 bits per heavy atom. The molecule has 23 heavy (non-hydrogen) atoms. The van der Waals surface area contributed by atoms with Gasteiger partial charge in [-0.05, 0) is 37.3 Å². The number of amides is 1. The van der Waals surface area contributed by atoms with Gasteiger partial charge in [-0.15, -0.1) is 0 Å². The van der Waals surface area contributed by atoms with E-state index in [9.17, 15) is 4.79 Å². The molecule has 0 radical (unpaired) electrons. The predicted octanol–water partition coefficient (Wildman–Crippen LogP) is 3.78. The molecule has 0 atom stereocenters. The highest BCUT2D eigenvalue weighted by atomic mass is 16.1. The third-order valence-corrected chi connectivity index (χ3v) is 3.15. The molecule has 2 aromatic carbocycles. The van der Waals surface area contributed by atoms with E-state index in [1.807, 2.05) is 67.6 Å². The van der Waals surface area contributed by atoms with E-state index in [2.05, 4.69) is 20.6 Å². The molecule has 5 heteroatoms. The van der Waals surface area contributed by atoms with Crippen molar-refractivity contribution in [2.24, 2.45) is 0 Å². The minimum Gasteiger partial charge on any atom is -0.324 e. The van der Waals surface area contributed by atoms with Crippen LogP contribution in [0.15, 0.2) is 66.7 Å². The highest BCUT2D eigenvalue weighted by molar-refractivity contribution is 6.03. The zero-order chi connectivity index (χ0) is 16.1. The summed E-state index contributed by atoms with van der Waals surface area (Å²) in [5.74, 6) is 0.132. The molecule has 0 saturated carbocycles. The molecule has 5 nitrogen and oxygen atoms in total. The van der Waals surface area contributed by atoms with Crippen LogP contribution < -0.4 is 10.6 Å². The maximum atomic E-state index is 12.3. The van der Waals surface area contributed by atoms with Crippen LogP contribution in [0.4, 0.5) is 17.3 Å². The molecule has 114 valence electrons. The summed E-state index contributed by atoms with van der Waals surface area (Å²) in [5, 5.41) is 5.92.